The van der Waals surface area contributed by atoms with Crippen LogP contribution >= 0.6 is 0 Å². The first kappa shape index (κ1) is 14.8. The fraction of sp³-hybridized carbons (Fsp3) is 0.938. The van der Waals surface area contributed by atoms with Crippen molar-refractivity contribution in [2.24, 2.45) is 11.8 Å². The van der Waals surface area contributed by atoms with Crippen molar-refractivity contribution in [3.63, 3.8) is 0 Å². The van der Waals surface area contributed by atoms with Crippen molar-refractivity contribution in [2.45, 2.75) is 64.8 Å². The molecule has 0 aromatic heterocycles. The van der Waals surface area contributed by atoms with E-state index in [2.05, 4.69) is 31.0 Å². The van der Waals surface area contributed by atoms with E-state index in [1.807, 2.05) is 0 Å². The van der Waals surface area contributed by atoms with Crippen LogP contribution in [-0.2, 0) is 4.79 Å². The number of hydrogen-bond donors (Lipinski definition) is 1. The van der Waals surface area contributed by atoms with Gasteiger partial charge < -0.3 is 10.2 Å². The Morgan fingerprint density at radius 3 is 2.63 bits per heavy atom. The Labute approximate surface area is 118 Å². The molecule has 0 spiro atoms. The predicted molar refractivity (Wildman–Crippen MR) is 79.0 cm³/mol. The standard InChI is InChI=1S/C16H30N2O/c1-4-5-6-7-8-9-15(19)18-12-13-10-17-11-14(13)16(18,2)3/h13-14,17H,4-12H2,1-3H3. The van der Waals surface area contributed by atoms with Crippen LogP contribution in [0.15, 0.2) is 0 Å². The van der Waals surface area contributed by atoms with E-state index in [-0.39, 0.29) is 5.54 Å². The Morgan fingerprint density at radius 2 is 1.95 bits per heavy atom. The summed E-state index contributed by atoms with van der Waals surface area (Å²) in [5.41, 5.74) is 0.0503. The molecular weight excluding hydrogens is 236 g/mol. The number of likely N-dealkylation sites (tertiary alicyclic amines) is 1. The maximum atomic E-state index is 12.4. The summed E-state index contributed by atoms with van der Waals surface area (Å²) < 4.78 is 0. The number of rotatable bonds is 6. The van der Waals surface area contributed by atoms with Crippen LogP contribution in [-0.4, -0.2) is 36.0 Å². The molecule has 110 valence electrons. The highest BCUT2D eigenvalue weighted by Gasteiger charge is 2.50. The number of hydrogen-bond acceptors (Lipinski definition) is 2. The van der Waals surface area contributed by atoms with Crippen LogP contribution in [0, 0.1) is 11.8 Å². The zero-order valence-electron chi connectivity index (χ0n) is 12.9. The van der Waals surface area contributed by atoms with Gasteiger partial charge in [-0.2, -0.15) is 0 Å². The van der Waals surface area contributed by atoms with Crippen molar-refractivity contribution >= 4 is 5.91 Å². The molecule has 2 fully saturated rings. The van der Waals surface area contributed by atoms with E-state index in [0.717, 1.165) is 32.5 Å². The van der Waals surface area contributed by atoms with E-state index in [9.17, 15) is 4.79 Å². The predicted octanol–water partition coefficient (Wildman–Crippen LogP) is 2.80. The van der Waals surface area contributed by atoms with E-state index < -0.39 is 0 Å². The zero-order valence-corrected chi connectivity index (χ0v) is 12.9. The van der Waals surface area contributed by atoms with E-state index in [0.29, 0.717) is 17.7 Å². The van der Waals surface area contributed by atoms with Crippen molar-refractivity contribution in [2.75, 3.05) is 19.6 Å². The van der Waals surface area contributed by atoms with Gasteiger partial charge in [0.15, 0.2) is 0 Å². The molecule has 2 unspecified atom stereocenters. The van der Waals surface area contributed by atoms with Crippen LogP contribution in [0.3, 0.4) is 0 Å². The third-order valence-corrected chi connectivity index (χ3v) is 5.16. The van der Waals surface area contributed by atoms with Crippen LogP contribution < -0.4 is 5.32 Å². The Balaban J connectivity index is 1.79. The summed E-state index contributed by atoms with van der Waals surface area (Å²) in [6, 6.07) is 0. The van der Waals surface area contributed by atoms with Crippen molar-refractivity contribution in [1.29, 1.82) is 0 Å². The lowest BCUT2D eigenvalue weighted by molar-refractivity contribution is -0.135. The number of nitrogens with zero attached hydrogens (tertiary/aromatic N) is 1. The van der Waals surface area contributed by atoms with Crippen molar-refractivity contribution in [3.05, 3.63) is 0 Å². The van der Waals surface area contributed by atoms with Gasteiger partial charge in [0.1, 0.15) is 0 Å². The highest BCUT2D eigenvalue weighted by atomic mass is 16.2. The molecule has 2 aliphatic heterocycles. The molecule has 19 heavy (non-hydrogen) atoms. The van der Waals surface area contributed by atoms with E-state index in [1.54, 1.807) is 0 Å². The van der Waals surface area contributed by atoms with Crippen molar-refractivity contribution in [1.82, 2.24) is 10.2 Å². The SMILES string of the molecule is CCCCCCCC(=O)N1CC2CNCC2C1(C)C. The second-order valence-electron chi connectivity index (χ2n) is 6.85. The smallest absolute Gasteiger partial charge is 0.223 e. The molecule has 2 heterocycles. The number of carbonyl (C=O) groups is 1. The molecule has 0 saturated carbocycles. The van der Waals surface area contributed by atoms with Gasteiger partial charge in [-0.15, -0.1) is 0 Å². The number of fused-ring (bicyclic) bond motifs is 1. The maximum absolute atomic E-state index is 12.4. The molecule has 0 bridgehead atoms. The molecule has 2 aliphatic rings. The topological polar surface area (TPSA) is 32.3 Å². The minimum Gasteiger partial charge on any atom is -0.337 e. The zero-order chi connectivity index (χ0) is 13.9. The fourth-order valence-corrected chi connectivity index (χ4v) is 3.86. The van der Waals surface area contributed by atoms with Crippen LogP contribution in [0.1, 0.15) is 59.3 Å². The first-order valence-corrected chi connectivity index (χ1v) is 8.08. The molecule has 0 aliphatic carbocycles. The molecule has 2 rings (SSSR count). The number of amides is 1. The van der Waals surface area contributed by atoms with Crippen molar-refractivity contribution < 1.29 is 4.79 Å². The molecule has 3 nitrogen and oxygen atoms in total. The second kappa shape index (κ2) is 6.25. The summed E-state index contributed by atoms with van der Waals surface area (Å²) in [5.74, 6) is 1.71. The number of nitrogens with one attached hydrogen (secondary N) is 1. The fourth-order valence-electron chi connectivity index (χ4n) is 3.86. The van der Waals surface area contributed by atoms with E-state index in [4.69, 9.17) is 0 Å². The molecule has 1 amide bonds. The number of carbonyl (C=O) groups excluding carboxylic acids is 1. The highest BCUT2D eigenvalue weighted by Crippen LogP contribution is 2.40. The molecule has 2 saturated heterocycles. The third-order valence-electron chi connectivity index (χ3n) is 5.16. The van der Waals surface area contributed by atoms with Gasteiger partial charge in [0.2, 0.25) is 5.91 Å². The van der Waals surface area contributed by atoms with Gasteiger partial charge in [-0.3, -0.25) is 4.79 Å². The van der Waals surface area contributed by atoms with Crippen LogP contribution in [0.4, 0.5) is 0 Å². The second-order valence-corrected chi connectivity index (χ2v) is 6.85. The minimum atomic E-state index is 0.0503. The monoisotopic (exact) mass is 266 g/mol. The first-order valence-electron chi connectivity index (χ1n) is 8.08. The normalized spacial score (nSPS) is 28.7. The van der Waals surface area contributed by atoms with Gasteiger partial charge in [-0.05, 0) is 32.1 Å². The third kappa shape index (κ3) is 3.13. The summed E-state index contributed by atoms with van der Waals surface area (Å²) in [7, 11) is 0. The molecule has 0 radical (unpaired) electrons. The van der Waals surface area contributed by atoms with Crippen LogP contribution in [0.2, 0.25) is 0 Å². The number of unbranched alkanes of at least 4 members (excludes halogenated alkanes) is 4. The Hall–Kier alpha value is -0.570. The summed E-state index contributed by atoms with van der Waals surface area (Å²) in [6.07, 6.45) is 6.88. The lowest BCUT2D eigenvalue weighted by atomic mass is 9.85. The van der Waals surface area contributed by atoms with Gasteiger partial charge in [-0.25, -0.2) is 0 Å². The molecule has 2 atom stereocenters. The average Bonchev–Trinajstić information content (AvgIpc) is 2.91. The summed E-state index contributed by atoms with van der Waals surface area (Å²) in [5, 5.41) is 3.47. The Morgan fingerprint density at radius 1 is 1.21 bits per heavy atom. The summed E-state index contributed by atoms with van der Waals surface area (Å²) >= 11 is 0. The van der Waals surface area contributed by atoms with Gasteiger partial charge >= 0.3 is 0 Å². The van der Waals surface area contributed by atoms with Gasteiger partial charge in [0.25, 0.3) is 0 Å². The van der Waals surface area contributed by atoms with Gasteiger partial charge in [-0.1, -0.05) is 32.6 Å². The quantitative estimate of drug-likeness (QED) is 0.750. The molecule has 0 aromatic rings. The minimum absolute atomic E-state index is 0.0503. The Bertz CT molecular complexity index is 314. The first-order chi connectivity index (χ1) is 9.07. The van der Waals surface area contributed by atoms with E-state index in [1.165, 1.54) is 25.7 Å². The lowest BCUT2D eigenvalue weighted by Crippen LogP contribution is -2.47. The molecule has 3 heteroatoms. The molecule has 1 N–H and O–H groups in total. The molecular formula is C16H30N2O. The van der Waals surface area contributed by atoms with Gasteiger partial charge in [0, 0.05) is 31.6 Å². The summed E-state index contributed by atoms with van der Waals surface area (Å²) in [6.45, 7) is 9.87. The summed E-state index contributed by atoms with van der Waals surface area (Å²) in [4.78, 5) is 14.6. The van der Waals surface area contributed by atoms with Crippen LogP contribution in [0.25, 0.3) is 0 Å². The van der Waals surface area contributed by atoms with Gasteiger partial charge in [0.05, 0.1) is 0 Å². The lowest BCUT2D eigenvalue weighted by Gasteiger charge is -2.35. The molecule has 0 aromatic carbocycles. The Kier molecular flexibility index (Phi) is 4.88. The van der Waals surface area contributed by atoms with E-state index >= 15 is 0 Å². The average molecular weight is 266 g/mol. The van der Waals surface area contributed by atoms with Crippen molar-refractivity contribution in [3.8, 4) is 0 Å². The van der Waals surface area contributed by atoms with Crippen LogP contribution in [0.5, 0.6) is 0 Å². The maximum Gasteiger partial charge on any atom is 0.223 e. The highest BCUT2D eigenvalue weighted by molar-refractivity contribution is 5.77. The largest absolute Gasteiger partial charge is 0.337 e.